The molecule has 0 saturated carbocycles. The van der Waals surface area contributed by atoms with E-state index in [9.17, 15) is 4.79 Å². The smallest absolute Gasteiger partial charge is 0.225 e. The number of nitrogens with one attached hydrogen (secondary N) is 1. The van der Waals surface area contributed by atoms with Crippen molar-refractivity contribution in [3.05, 3.63) is 23.9 Å². The number of aromatic nitrogens is 1. The van der Waals surface area contributed by atoms with Gasteiger partial charge in [0.25, 0.3) is 0 Å². The Bertz CT molecular complexity index is 496. The molecule has 0 aliphatic carbocycles. The molecule has 1 saturated heterocycles. The molecular weight excluding hydrogens is 252 g/mol. The Labute approximate surface area is 119 Å². The normalized spacial score (nSPS) is 16.0. The first-order chi connectivity index (χ1) is 9.60. The summed E-state index contributed by atoms with van der Waals surface area (Å²) in [5.74, 6) is 1.09. The van der Waals surface area contributed by atoms with Crippen molar-refractivity contribution in [3.8, 4) is 6.07 Å². The van der Waals surface area contributed by atoms with Crippen LogP contribution in [-0.4, -0.2) is 34.9 Å². The molecule has 106 valence electrons. The van der Waals surface area contributed by atoms with Gasteiger partial charge in [-0.25, -0.2) is 4.98 Å². The molecule has 0 atom stereocenters. The van der Waals surface area contributed by atoms with Gasteiger partial charge in [-0.15, -0.1) is 0 Å². The summed E-state index contributed by atoms with van der Waals surface area (Å²) in [6, 6.07) is 5.97. The number of carbonyl (C=O) groups excluding carboxylic acids is 1. The Morgan fingerprint density at radius 1 is 1.45 bits per heavy atom. The van der Waals surface area contributed by atoms with Crippen LogP contribution < -0.4 is 5.32 Å². The fourth-order valence-electron chi connectivity index (χ4n) is 2.36. The molecule has 1 amide bonds. The molecule has 20 heavy (non-hydrogen) atoms. The Kier molecular flexibility index (Phi) is 4.57. The summed E-state index contributed by atoms with van der Waals surface area (Å²) in [5, 5.41) is 12.1. The third-order valence-electron chi connectivity index (χ3n) is 3.55. The molecule has 0 bridgehead atoms. The predicted octanol–water partition coefficient (Wildman–Crippen LogP) is 2.01. The number of anilines is 1. The maximum atomic E-state index is 11.9. The molecule has 1 aromatic heterocycles. The molecule has 5 nitrogen and oxygen atoms in total. The summed E-state index contributed by atoms with van der Waals surface area (Å²) >= 11 is 0. The number of carbonyl (C=O) groups is 1. The van der Waals surface area contributed by atoms with Crippen molar-refractivity contribution in [3.63, 3.8) is 0 Å². The van der Waals surface area contributed by atoms with Crippen molar-refractivity contribution in [1.82, 2.24) is 9.88 Å². The van der Waals surface area contributed by atoms with Gasteiger partial charge in [-0.2, -0.15) is 5.26 Å². The largest absolute Gasteiger partial charge is 0.367 e. The van der Waals surface area contributed by atoms with Crippen LogP contribution in [0.25, 0.3) is 0 Å². The first-order valence-corrected chi connectivity index (χ1v) is 7.01. The number of hydrogen-bond acceptors (Lipinski definition) is 4. The van der Waals surface area contributed by atoms with E-state index in [4.69, 9.17) is 5.26 Å². The minimum absolute atomic E-state index is 0.0692. The van der Waals surface area contributed by atoms with Gasteiger partial charge in [-0.1, -0.05) is 13.8 Å². The summed E-state index contributed by atoms with van der Waals surface area (Å²) in [6.45, 7) is 5.47. The highest BCUT2D eigenvalue weighted by atomic mass is 16.2. The maximum absolute atomic E-state index is 11.9. The van der Waals surface area contributed by atoms with E-state index in [1.54, 1.807) is 12.3 Å². The number of piperidine rings is 1. The van der Waals surface area contributed by atoms with Crippen LogP contribution in [0.1, 0.15) is 32.3 Å². The third kappa shape index (κ3) is 3.47. The van der Waals surface area contributed by atoms with Crippen molar-refractivity contribution in [2.45, 2.75) is 32.7 Å². The van der Waals surface area contributed by atoms with Crippen molar-refractivity contribution in [2.24, 2.45) is 5.92 Å². The number of amides is 1. The van der Waals surface area contributed by atoms with Crippen LogP contribution in [0.5, 0.6) is 0 Å². The maximum Gasteiger partial charge on any atom is 0.225 e. The number of likely N-dealkylation sites (tertiary alicyclic amines) is 1. The lowest BCUT2D eigenvalue weighted by Crippen LogP contribution is -2.44. The standard InChI is InChI=1S/C15H20N4O/c1-11(2)15(20)19-7-5-13(6-8-19)18-14-4-3-12(9-16)10-17-14/h3-4,10-11,13H,5-8H2,1-2H3,(H,17,18). The molecule has 0 aromatic carbocycles. The van der Waals surface area contributed by atoms with Gasteiger partial charge in [0, 0.05) is 31.2 Å². The van der Waals surface area contributed by atoms with Crippen molar-refractivity contribution < 1.29 is 4.79 Å². The van der Waals surface area contributed by atoms with E-state index in [0.717, 1.165) is 31.7 Å². The summed E-state index contributed by atoms with van der Waals surface area (Å²) in [5.41, 5.74) is 0.563. The molecule has 1 aliphatic rings. The summed E-state index contributed by atoms with van der Waals surface area (Å²) in [6.07, 6.45) is 3.43. The van der Waals surface area contributed by atoms with Crippen LogP contribution >= 0.6 is 0 Å². The zero-order valence-corrected chi connectivity index (χ0v) is 12.0. The third-order valence-corrected chi connectivity index (χ3v) is 3.55. The molecule has 5 heteroatoms. The first kappa shape index (κ1) is 14.3. The zero-order chi connectivity index (χ0) is 14.5. The molecular formula is C15H20N4O. The summed E-state index contributed by atoms with van der Waals surface area (Å²) < 4.78 is 0. The Morgan fingerprint density at radius 3 is 2.65 bits per heavy atom. The topological polar surface area (TPSA) is 69.0 Å². The quantitative estimate of drug-likeness (QED) is 0.914. The number of nitrogens with zero attached hydrogens (tertiary/aromatic N) is 3. The number of hydrogen-bond donors (Lipinski definition) is 1. The molecule has 0 radical (unpaired) electrons. The van der Waals surface area contributed by atoms with Gasteiger partial charge in [0.1, 0.15) is 11.9 Å². The second kappa shape index (κ2) is 6.38. The minimum Gasteiger partial charge on any atom is -0.367 e. The number of rotatable bonds is 3. The van der Waals surface area contributed by atoms with E-state index < -0.39 is 0 Å². The molecule has 2 rings (SSSR count). The average molecular weight is 272 g/mol. The van der Waals surface area contributed by atoms with E-state index in [0.29, 0.717) is 11.6 Å². The van der Waals surface area contributed by atoms with E-state index in [1.807, 2.05) is 24.8 Å². The van der Waals surface area contributed by atoms with Gasteiger partial charge in [0.2, 0.25) is 5.91 Å². The second-order valence-corrected chi connectivity index (χ2v) is 5.44. The fourth-order valence-corrected chi connectivity index (χ4v) is 2.36. The Hall–Kier alpha value is -2.09. The van der Waals surface area contributed by atoms with Crippen molar-refractivity contribution in [1.29, 1.82) is 5.26 Å². The lowest BCUT2D eigenvalue weighted by molar-refractivity contribution is -0.135. The van der Waals surface area contributed by atoms with E-state index in [2.05, 4.69) is 16.4 Å². The molecule has 1 fully saturated rings. The minimum atomic E-state index is 0.0692. The predicted molar refractivity (Wildman–Crippen MR) is 77.0 cm³/mol. The average Bonchev–Trinajstić information content (AvgIpc) is 2.48. The first-order valence-electron chi connectivity index (χ1n) is 7.01. The summed E-state index contributed by atoms with van der Waals surface area (Å²) in [4.78, 5) is 18.0. The van der Waals surface area contributed by atoms with Gasteiger partial charge >= 0.3 is 0 Å². The van der Waals surface area contributed by atoms with Crippen molar-refractivity contribution >= 4 is 11.7 Å². The monoisotopic (exact) mass is 272 g/mol. The van der Waals surface area contributed by atoms with Gasteiger partial charge in [0.15, 0.2) is 0 Å². The Morgan fingerprint density at radius 2 is 2.15 bits per heavy atom. The van der Waals surface area contributed by atoms with Gasteiger partial charge < -0.3 is 10.2 Å². The van der Waals surface area contributed by atoms with Crippen LogP contribution in [0.4, 0.5) is 5.82 Å². The van der Waals surface area contributed by atoms with Gasteiger partial charge in [-0.3, -0.25) is 4.79 Å². The Balaban J connectivity index is 1.85. The number of pyridine rings is 1. The van der Waals surface area contributed by atoms with Crippen molar-refractivity contribution in [2.75, 3.05) is 18.4 Å². The van der Waals surface area contributed by atoms with Gasteiger partial charge in [0.05, 0.1) is 5.56 Å². The highest BCUT2D eigenvalue weighted by Crippen LogP contribution is 2.17. The molecule has 0 unspecified atom stereocenters. The van der Waals surface area contributed by atoms with E-state index in [1.165, 1.54) is 0 Å². The zero-order valence-electron chi connectivity index (χ0n) is 12.0. The van der Waals surface area contributed by atoms with Gasteiger partial charge in [-0.05, 0) is 25.0 Å². The van der Waals surface area contributed by atoms with E-state index in [-0.39, 0.29) is 11.8 Å². The van der Waals surface area contributed by atoms with Crippen LogP contribution in [0, 0.1) is 17.2 Å². The van der Waals surface area contributed by atoms with Crippen LogP contribution in [0.15, 0.2) is 18.3 Å². The highest BCUT2D eigenvalue weighted by Gasteiger charge is 2.24. The van der Waals surface area contributed by atoms with Crippen LogP contribution in [-0.2, 0) is 4.79 Å². The highest BCUT2D eigenvalue weighted by molar-refractivity contribution is 5.78. The lowest BCUT2D eigenvalue weighted by atomic mass is 10.0. The summed E-state index contributed by atoms with van der Waals surface area (Å²) in [7, 11) is 0. The van der Waals surface area contributed by atoms with Crippen LogP contribution in [0.3, 0.4) is 0 Å². The molecule has 1 aromatic rings. The van der Waals surface area contributed by atoms with E-state index >= 15 is 0 Å². The molecule has 1 aliphatic heterocycles. The van der Waals surface area contributed by atoms with Crippen LogP contribution in [0.2, 0.25) is 0 Å². The molecule has 0 spiro atoms. The molecule has 1 N–H and O–H groups in total. The lowest BCUT2D eigenvalue weighted by Gasteiger charge is -2.33. The number of nitriles is 1. The molecule has 2 heterocycles. The SMILES string of the molecule is CC(C)C(=O)N1CCC(Nc2ccc(C#N)cn2)CC1. The second-order valence-electron chi connectivity index (χ2n) is 5.44. The fraction of sp³-hybridized carbons (Fsp3) is 0.533.